The molecule has 0 heterocycles. The highest BCUT2D eigenvalue weighted by atomic mass is 31.1. The Hall–Kier alpha value is -0.350. The van der Waals surface area contributed by atoms with Crippen molar-refractivity contribution in [2.75, 3.05) is 13.2 Å². The van der Waals surface area contributed by atoms with Crippen LogP contribution < -0.4 is 0 Å². The van der Waals surface area contributed by atoms with Crippen LogP contribution >= 0.6 is 8.81 Å². The van der Waals surface area contributed by atoms with Gasteiger partial charge in [-0.15, -0.1) is 0 Å². The van der Waals surface area contributed by atoms with E-state index in [0.29, 0.717) is 12.8 Å². The van der Waals surface area contributed by atoms with Crippen LogP contribution in [0.1, 0.15) is 200 Å². The number of hydrogen-bond donors (Lipinski definition) is 2. The lowest BCUT2D eigenvalue weighted by Gasteiger charge is -2.15. The minimum atomic E-state index is -0.981. The van der Waals surface area contributed by atoms with Gasteiger partial charge in [0.15, 0.2) is 5.52 Å². The minimum Gasteiger partial charge on any atom is -0.394 e. The molecule has 0 aromatic carbocycles. The Labute approximate surface area is 269 Å². The lowest BCUT2D eigenvalue weighted by Crippen LogP contribution is -2.23. The maximum Gasteiger partial charge on any atom is 0.189 e. The molecule has 3 atom stereocenters. The topological polar surface area (TPSA) is 83.8 Å². The van der Waals surface area contributed by atoms with E-state index >= 15 is 0 Å². The molecule has 0 aliphatic heterocycles. The van der Waals surface area contributed by atoms with Crippen molar-refractivity contribution in [3.63, 3.8) is 0 Å². The Bertz CT molecular complexity index is 600. The van der Waals surface area contributed by atoms with E-state index in [-0.39, 0.29) is 24.5 Å². The molecule has 0 aromatic rings. The average Bonchev–Trinajstić information content (AvgIpc) is 3.01. The third kappa shape index (κ3) is 30.1. The second kappa shape index (κ2) is 34.5. The lowest BCUT2D eigenvalue weighted by atomic mass is 9.93. The summed E-state index contributed by atoms with van der Waals surface area (Å²) in [5, 5.41) is 18.5. The van der Waals surface area contributed by atoms with Gasteiger partial charge in [0.2, 0.25) is 0 Å². The quantitative estimate of drug-likeness (QED) is 0.0410. The van der Waals surface area contributed by atoms with Crippen LogP contribution in [0.25, 0.3) is 0 Å². The molecular weight excluding hydrogens is 555 g/mol. The first-order valence-corrected chi connectivity index (χ1v) is 19.7. The molecule has 0 bridgehead atoms. The van der Waals surface area contributed by atoms with E-state index in [2.05, 4.69) is 13.8 Å². The molecule has 6 heteroatoms. The van der Waals surface area contributed by atoms with Crippen LogP contribution in [-0.2, 0) is 14.1 Å². The predicted octanol–water partition coefficient (Wildman–Crippen LogP) is 11.0. The van der Waals surface area contributed by atoms with Crippen molar-refractivity contribution in [2.24, 2.45) is 5.92 Å². The predicted molar refractivity (Wildman–Crippen MR) is 186 cm³/mol. The molecule has 256 valence electrons. The number of aliphatic hydroxyl groups excluding tert-OH is 2. The largest absolute Gasteiger partial charge is 0.394 e. The second-order valence-corrected chi connectivity index (χ2v) is 14.0. The zero-order chi connectivity index (χ0) is 31.6. The molecule has 0 spiro atoms. The second-order valence-electron chi connectivity index (χ2n) is 13.0. The number of carbonyl (C=O) groups is 2. The van der Waals surface area contributed by atoms with Gasteiger partial charge in [0, 0.05) is 6.42 Å². The van der Waals surface area contributed by atoms with Gasteiger partial charge in [-0.25, -0.2) is 0 Å². The van der Waals surface area contributed by atoms with Crippen molar-refractivity contribution in [1.29, 1.82) is 0 Å². The van der Waals surface area contributed by atoms with Crippen LogP contribution in [0.3, 0.4) is 0 Å². The normalized spacial score (nSPS) is 13.2. The van der Waals surface area contributed by atoms with Crippen molar-refractivity contribution in [1.82, 2.24) is 0 Å². The van der Waals surface area contributed by atoms with Gasteiger partial charge in [-0.1, -0.05) is 181 Å². The van der Waals surface area contributed by atoms with E-state index in [1.807, 2.05) is 0 Å². The Morgan fingerprint density at radius 1 is 0.558 bits per heavy atom. The van der Waals surface area contributed by atoms with E-state index in [0.717, 1.165) is 25.7 Å². The molecular formula is C37H73O5P. The fraction of sp³-hybridized carbons (Fsp3) is 0.946. The highest BCUT2D eigenvalue weighted by molar-refractivity contribution is 7.53. The zero-order valence-corrected chi connectivity index (χ0v) is 29.7. The Morgan fingerprint density at radius 2 is 0.907 bits per heavy atom. The Kier molecular flexibility index (Phi) is 34.2. The number of rotatable bonds is 36. The van der Waals surface area contributed by atoms with Gasteiger partial charge >= 0.3 is 0 Å². The molecule has 43 heavy (non-hydrogen) atoms. The number of Topliss-reactive ketones (excluding diaryl/α,β-unsaturated/α-hetero) is 1. The third-order valence-electron chi connectivity index (χ3n) is 8.74. The molecule has 0 aromatic heterocycles. The molecule has 0 amide bonds. The van der Waals surface area contributed by atoms with Crippen molar-refractivity contribution < 1.29 is 24.3 Å². The summed E-state index contributed by atoms with van der Waals surface area (Å²) in [5.41, 5.74) is -0.139. The first-order valence-electron chi connectivity index (χ1n) is 18.8. The fourth-order valence-corrected chi connectivity index (χ4v) is 6.67. The monoisotopic (exact) mass is 629 g/mol. The Morgan fingerprint density at radius 3 is 1.28 bits per heavy atom. The molecule has 0 saturated carbocycles. The van der Waals surface area contributed by atoms with Crippen molar-refractivity contribution in [2.45, 2.75) is 206 Å². The van der Waals surface area contributed by atoms with E-state index in [4.69, 9.17) is 9.63 Å². The summed E-state index contributed by atoms with van der Waals surface area (Å²) >= 11 is 0. The van der Waals surface area contributed by atoms with Gasteiger partial charge in [0.1, 0.15) is 11.9 Å². The zero-order valence-electron chi connectivity index (χ0n) is 28.7. The highest BCUT2D eigenvalue weighted by Gasteiger charge is 2.26. The SMILES string of the molecule is CCCCCCCCCCCCCCCCC(C(=O)CCCCCCCCCCCCCCC)C(=O)POCC(O)CO. The summed E-state index contributed by atoms with van der Waals surface area (Å²) in [5.74, 6) is -0.499. The molecule has 0 aliphatic carbocycles. The van der Waals surface area contributed by atoms with E-state index < -0.39 is 20.8 Å². The maximum atomic E-state index is 13.0. The smallest absolute Gasteiger partial charge is 0.189 e. The fourth-order valence-electron chi connectivity index (χ4n) is 5.81. The molecule has 5 nitrogen and oxygen atoms in total. The summed E-state index contributed by atoms with van der Waals surface area (Å²) in [6.07, 6.45) is 34.7. The van der Waals surface area contributed by atoms with Gasteiger partial charge in [-0.2, -0.15) is 0 Å². The van der Waals surface area contributed by atoms with Crippen LogP contribution in [0.2, 0.25) is 0 Å². The molecule has 3 unspecified atom stereocenters. The molecule has 0 radical (unpaired) electrons. The van der Waals surface area contributed by atoms with Crippen LogP contribution in [0.4, 0.5) is 0 Å². The highest BCUT2D eigenvalue weighted by Crippen LogP contribution is 2.27. The van der Waals surface area contributed by atoms with Crippen LogP contribution in [-0.4, -0.2) is 40.8 Å². The number of carbonyl (C=O) groups excluding carboxylic acids is 2. The molecule has 0 aliphatic rings. The number of ketones is 1. The first kappa shape index (κ1) is 42.6. The first-order chi connectivity index (χ1) is 21.1. The minimum absolute atomic E-state index is 0.0701. The number of aliphatic hydroxyl groups is 2. The van der Waals surface area contributed by atoms with Gasteiger partial charge in [0.25, 0.3) is 0 Å². The maximum absolute atomic E-state index is 13.0. The molecule has 0 fully saturated rings. The van der Waals surface area contributed by atoms with E-state index in [9.17, 15) is 14.7 Å². The van der Waals surface area contributed by atoms with E-state index in [1.54, 1.807) is 0 Å². The van der Waals surface area contributed by atoms with Gasteiger partial charge in [-0.3, -0.25) is 9.59 Å². The molecule has 0 rings (SSSR count). The van der Waals surface area contributed by atoms with Crippen LogP contribution in [0, 0.1) is 5.92 Å². The standard InChI is InChI=1S/C37H73O5P/c1-3-5-7-9-11-13-15-17-19-20-22-24-26-28-30-35(37(41)43-42-33-34(39)32-38)36(40)31-29-27-25-23-21-18-16-14-12-10-8-6-4-2/h34-35,38-39,43H,3-33H2,1-2H3. The summed E-state index contributed by atoms with van der Waals surface area (Å²) < 4.78 is 5.34. The Balaban J connectivity index is 4.09. The van der Waals surface area contributed by atoms with Gasteiger partial charge in [-0.05, 0) is 12.8 Å². The number of unbranched alkanes of at least 4 members (excludes halogenated alkanes) is 25. The summed E-state index contributed by atoms with van der Waals surface area (Å²) in [4.78, 5) is 25.9. The summed E-state index contributed by atoms with van der Waals surface area (Å²) in [6.45, 7) is 4.07. The van der Waals surface area contributed by atoms with Crippen molar-refractivity contribution in [3.05, 3.63) is 0 Å². The van der Waals surface area contributed by atoms with Crippen LogP contribution in [0.5, 0.6) is 0 Å². The van der Waals surface area contributed by atoms with Crippen molar-refractivity contribution in [3.8, 4) is 0 Å². The van der Waals surface area contributed by atoms with E-state index in [1.165, 1.54) is 148 Å². The van der Waals surface area contributed by atoms with Crippen molar-refractivity contribution >= 4 is 20.1 Å². The summed E-state index contributed by atoms with van der Waals surface area (Å²) in [6, 6.07) is 0. The van der Waals surface area contributed by atoms with Crippen LogP contribution in [0.15, 0.2) is 0 Å². The average molecular weight is 629 g/mol. The number of hydrogen-bond acceptors (Lipinski definition) is 5. The third-order valence-corrected chi connectivity index (χ3v) is 9.60. The molecule has 2 N–H and O–H groups in total. The molecule has 0 saturated heterocycles. The lowest BCUT2D eigenvalue weighted by molar-refractivity contribution is -0.129. The summed E-state index contributed by atoms with van der Waals surface area (Å²) in [7, 11) is -0.441. The van der Waals surface area contributed by atoms with Gasteiger partial charge < -0.3 is 14.7 Å². The van der Waals surface area contributed by atoms with Gasteiger partial charge in [0.05, 0.1) is 27.9 Å².